The number of hydrogen-bond acceptors (Lipinski definition) is 2. The minimum Gasteiger partial charge on any atom is -0.315 e. The van der Waals surface area contributed by atoms with Crippen LogP contribution in [0.2, 0.25) is 5.02 Å². The Hall–Kier alpha value is -1.48. The summed E-state index contributed by atoms with van der Waals surface area (Å²) >= 11 is 6.44. The third-order valence-electron chi connectivity index (χ3n) is 3.64. The van der Waals surface area contributed by atoms with Crippen molar-refractivity contribution in [3.63, 3.8) is 0 Å². The van der Waals surface area contributed by atoms with Crippen molar-refractivity contribution in [2.24, 2.45) is 0 Å². The molecular formula is C15H18ClN3. The van der Waals surface area contributed by atoms with E-state index in [2.05, 4.69) is 42.5 Å². The fourth-order valence-corrected chi connectivity index (χ4v) is 3.20. The summed E-state index contributed by atoms with van der Waals surface area (Å²) in [5.41, 5.74) is 4.64. The molecule has 4 heteroatoms. The van der Waals surface area contributed by atoms with E-state index in [-0.39, 0.29) is 0 Å². The lowest BCUT2D eigenvalue weighted by Crippen LogP contribution is -2.16. The molecule has 3 nitrogen and oxygen atoms in total. The Morgan fingerprint density at radius 2 is 2.05 bits per heavy atom. The topological polar surface area (TPSA) is 21.1 Å². The summed E-state index contributed by atoms with van der Waals surface area (Å²) in [6, 6.07) is 4.20. The largest absolute Gasteiger partial charge is 0.315 e. The number of fused-ring (bicyclic) bond motifs is 1. The van der Waals surface area contributed by atoms with Gasteiger partial charge in [-0.1, -0.05) is 24.6 Å². The number of halogens is 1. The van der Waals surface area contributed by atoms with Gasteiger partial charge in [0.1, 0.15) is 0 Å². The molecule has 0 saturated heterocycles. The molecule has 0 unspecified atom stereocenters. The SMILES string of the molecule is CCc1cn2c(n1)N(c1c(C)cc(C)cc1Cl)CC2. The maximum Gasteiger partial charge on any atom is 0.210 e. The average molecular weight is 276 g/mol. The fourth-order valence-electron chi connectivity index (χ4n) is 2.78. The molecule has 1 aliphatic heterocycles. The van der Waals surface area contributed by atoms with Gasteiger partial charge in [0, 0.05) is 19.3 Å². The van der Waals surface area contributed by atoms with E-state index in [0.29, 0.717) is 0 Å². The van der Waals surface area contributed by atoms with Crippen molar-refractivity contribution in [2.45, 2.75) is 33.7 Å². The van der Waals surface area contributed by atoms with Crippen LogP contribution >= 0.6 is 11.6 Å². The van der Waals surface area contributed by atoms with Gasteiger partial charge >= 0.3 is 0 Å². The number of imidazole rings is 1. The summed E-state index contributed by atoms with van der Waals surface area (Å²) in [6.07, 6.45) is 3.11. The van der Waals surface area contributed by atoms with Gasteiger partial charge in [-0.2, -0.15) is 0 Å². The van der Waals surface area contributed by atoms with Crippen LogP contribution in [0.4, 0.5) is 11.6 Å². The second-order valence-electron chi connectivity index (χ2n) is 5.14. The number of anilines is 2. The monoisotopic (exact) mass is 275 g/mol. The molecule has 2 heterocycles. The van der Waals surface area contributed by atoms with Gasteiger partial charge in [-0.15, -0.1) is 0 Å². The second kappa shape index (κ2) is 4.57. The van der Waals surface area contributed by atoms with Crippen molar-refractivity contribution < 1.29 is 0 Å². The van der Waals surface area contributed by atoms with Crippen LogP contribution in [-0.2, 0) is 13.0 Å². The highest BCUT2D eigenvalue weighted by Crippen LogP contribution is 2.37. The van der Waals surface area contributed by atoms with Crippen LogP contribution in [0, 0.1) is 13.8 Å². The summed E-state index contributed by atoms with van der Waals surface area (Å²) < 4.78 is 2.22. The Kier molecular flexibility index (Phi) is 3.02. The van der Waals surface area contributed by atoms with Crippen molar-refractivity contribution in [3.8, 4) is 0 Å². The predicted molar refractivity (Wildman–Crippen MR) is 79.5 cm³/mol. The Morgan fingerprint density at radius 1 is 1.26 bits per heavy atom. The Labute approximate surface area is 118 Å². The van der Waals surface area contributed by atoms with Crippen molar-refractivity contribution in [1.82, 2.24) is 9.55 Å². The summed E-state index contributed by atoms with van der Waals surface area (Å²) in [5, 5.41) is 0.812. The van der Waals surface area contributed by atoms with Gasteiger partial charge in [-0.05, 0) is 37.5 Å². The summed E-state index contributed by atoms with van der Waals surface area (Å²) in [4.78, 5) is 6.93. The van der Waals surface area contributed by atoms with Gasteiger partial charge < -0.3 is 9.47 Å². The first-order valence-corrected chi connectivity index (χ1v) is 7.08. The molecule has 2 aromatic rings. The van der Waals surface area contributed by atoms with Crippen molar-refractivity contribution in [3.05, 3.63) is 40.2 Å². The molecule has 0 amide bonds. The summed E-state index contributed by atoms with van der Waals surface area (Å²) in [6.45, 7) is 8.23. The minimum atomic E-state index is 0.812. The van der Waals surface area contributed by atoms with Crippen molar-refractivity contribution in [1.29, 1.82) is 0 Å². The number of aromatic nitrogens is 2. The number of aryl methyl sites for hydroxylation is 3. The van der Waals surface area contributed by atoms with E-state index in [1.165, 1.54) is 11.1 Å². The average Bonchev–Trinajstić information content (AvgIpc) is 2.89. The van der Waals surface area contributed by atoms with Crippen molar-refractivity contribution >= 4 is 23.2 Å². The first kappa shape index (κ1) is 12.5. The van der Waals surface area contributed by atoms with Crippen LogP contribution in [0.25, 0.3) is 0 Å². The third kappa shape index (κ3) is 2.02. The molecule has 19 heavy (non-hydrogen) atoms. The van der Waals surface area contributed by atoms with Crippen LogP contribution in [0.3, 0.4) is 0 Å². The quantitative estimate of drug-likeness (QED) is 0.830. The first-order chi connectivity index (χ1) is 9.10. The van der Waals surface area contributed by atoms with Gasteiger partial charge in [0.2, 0.25) is 5.95 Å². The van der Waals surface area contributed by atoms with E-state index in [0.717, 1.165) is 41.9 Å². The summed E-state index contributed by atoms with van der Waals surface area (Å²) in [7, 11) is 0. The van der Waals surface area contributed by atoms with Gasteiger partial charge in [0.15, 0.2) is 0 Å². The van der Waals surface area contributed by atoms with E-state index < -0.39 is 0 Å². The minimum absolute atomic E-state index is 0.812. The molecule has 1 aliphatic rings. The second-order valence-corrected chi connectivity index (χ2v) is 5.55. The van der Waals surface area contributed by atoms with Gasteiger partial charge in [0.25, 0.3) is 0 Å². The molecule has 0 fully saturated rings. The van der Waals surface area contributed by atoms with Crippen LogP contribution in [0.5, 0.6) is 0 Å². The first-order valence-electron chi connectivity index (χ1n) is 6.70. The van der Waals surface area contributed by atoms with E-state index in [1.807, 2.05) is 6.07 Å². The van der Waals surface area contributed by atoms with Crippen LogP contribution in [0.1, 0.15) is 23.7 Å². The van der Waals surface area contributed by atoms with Crippen LogP contribution in [-0.4, -0.2) is 16.1 Å². The van der Waals surface area contributed by atoms with E-state index >= 15 is 0 Å². The lowest BCUT2D eigenvalue weighted by Gasteiger charge is -2.20. The van der Waals surface area contributed by atoms with E-state index in [9.17, 15) is 0 Å². The standard InChI is InChI=1S/C15H18ClN3/c1-4-12-9-18-5-6-19(15(18)17-12)14-11(3)7-10(2)8-13(14)16/h7-9H,4-6H2,1-3H3. The Morgan fingerprint density at radius 3 is 2.74 bits per heavy atom. The normalized spacial score (nSPS) is 14.0. The van der Waals surface area contributed by atoms with Crippen molar-refractivity contribution in [2.75, 3.05) is 11.4 Å². The molecule has 0 aliphatic carbocycles. The molecule has 3 rings (SSSR count). The molecule has 0 bridgehead atoms. The molecule has 100 valence electrons. The Bertz CT molecular complexity index is 607. The van der Waals surface area contributed by atoms with E-state index in [1.54, 1.807) is 0 Å². The highest BCUT2D eigenvalue weighted by atomic mass is 35.5. The number of benzene rings is 1. The van der Waals surface area contributed by atoms with Gasteiger partial charge in [-0.3, -0.25) is 0 Å². The molecule has 1 aromatic heterocycles. The van der Waals surface area contributed by atoms with Crippen LogP contribution in [0.15, 0.2) is 18.3 Å². The smallest absolute Gasteiger partial charge is 0.210 e. The highest BCUT2D eigenvalue weighted by Gasteiger charge is 2.25. The maximum absolute atomic E-state index is 6.44. The number of hydrogen-bond donors (Lipinski definition) is 0. The zero-order valence-electron chi connectivity index (χ0n) is 11.6. The Balaban J connectivity index is 2.08. The molecule has 0 saturated carbocycles. The summed E-state index contributed by atoms with van der Waals surface area (Å²) in [5.74, 6) is 1.02. The lowest BCUT2D eigenvalue weighted by molar-refractivity contribution is 0.795. The maximum atomic E-state index is 6.44. The molecular weight excluding hydrogens is 258 g/mol. The van der Waals surface area contributed by atoms with Gasteiger partial charge in [0.05, 0.1) is 16.4 Å². The van der Waals surface area contributed by atoms with E-state index in [4.69, 9.17) is 16.6 Å². The van der Waals surface area contributed by atoms with Gasteiger partial charge in [-0.25, -0.2) is 4.98 Å². The third-order valence-corrected chi connectivity index (χ3v) is 3.93. The molecule has 0 atom stereocenters. The molecule has 0 N–H and O–H groups in total. The van der Waals surface area contributed by atoms with Crippen LogP contribution < -0.4 is 4.90 Å². The number of rotatable bonds is 2. The highest BCUT2D eigenvalue weighted by molar-refractivity contribution is 6.33. The zero-order chi connectivity index (χ0) is 13.6. The number of nitrogens with zero attached hydrogens (tertiary/aromatic N) is 3. The molecule has 1 aromatic carbocycles. The fraction of sp³-hybridized carbons (Fsp3) is 0.400. The molecule has 0 radical (unpaired) electrons. The molecule has 0 spiro atoms. The predicted octanol–water partition coefficient (Wildman–Crippen LogP) is 3.87. The zero-order valence-corrected chi connectivity index (χ0v) is 12.3. The lowest BCUT2D eigenvalue weighted by atomic mass is 10.1.